The highest BCUT2D eigenvalue weighted by Crippen LogP contribution is 2.42. The van der Waals surface area contributed by atoms with Crippen LogP contribution >= 0.6 is 0 Å². The zero-order valence-electron chi connectivity index (χ0n) is 12.4. The Balaban J connectivity index is 1.90. The Morgan fingerprint density at radius 1 is 1.45 bits per heavy atom. The smallest absolute Gasteiger partial charge is 0.128 e. The van der Waals surface area contributed by atoms with Gasteiger partial charge in [0, 0.05) is 30.2 Å². The van der Waals surface area contributed by atoms with Gasteiger partial charge in [0.15, 0.2) is 0 Å². The minimum Gasteiger partial charge on any atom is -0.392 e. The highest BCUT2D eigenvalue weighted by Gasteiger charge is 2.48. The number of nitrogens with one attached hydrogen (secondary N) is 1. The molecular weight excluding hydrogens is 257 g/mol. The van der Waals surface area contributed by atoms with E-state index in [9.17, 15) is 4.39 Å². The second-order valence-corrected chi connectivity index (χ2v) is 6.02. The van der Waals surface area contributed by atoms with E-state index in [0.717, 1.165) is 18.6 Å². The molecule has 1 saturated carbocycles. The Hall–Kier alpha value is -0.970. The van der Waals surface area contributed by atoms with E-state index in [2.05, 4.69) is 19.2 Å². The molecule has 1 aliphatic rings. The minimum atomic E-state index is -0.350. The first-order valence-electron chi connectivity index (χ1n) is 7.22. The van der Waals surface area contributed by atoms with E-state index in [0.29, 0.717) is 24.3 Å². The maximum absolute atomic E-state index is 13.3. The summed E-state index contributed by atoms with van der Waals surface area (Å²) in [7, 11) is 0. The number of benzene rings is 1. The fourth-order valence-electron chi connectivity index (χ4n) is 2.82. The molecule has 0 bridgehead atoms. The molecule has 20 heavy (non-hydrogen) atoms. The number of rotatable bonds is 6. The Morgan fingerprint density at radius 2 is 2.20 bits per heavy atom. The number of hydrogen-bond acceptors (Lipinski definition) is 3. The van der Waals surface area contributed by atoms with E-state index >= 15 is 0 Å². The highest BCUT2D eigenvalue weighted by molar-refractivity contribution is 5.24. The molecular formula is C16H24FNO2. The topological polar surface area (TPSA) is 41.5 Å². The van der Waals surface area contributed by atoms with Crippen molar-refractivity contribution < 1.29 is 14.2 Å². The number of halogens is 1. The fraction of sp³-hybridized carbons (Fsp3) is 0.625. The summed E-state index contributed by atoms with van der Waals surface area (Å²) in [6.07, 6.45) is 1.32. The van der Waals surface area contributed by atoms with Crippen LogP contribution in [0.15, 0.2) is 18.2 Å². The van der Waals surface area contributed by atoms with Crippen LogP contribution in [0.25, 0.3) is 0 Å². The van der Waals surface area contributed by atoms with Gasteiger partial charge in [0.1, 0.15) is 5.82 Å². The van der Waals surface area contributed by atoms with Crippen LogP contribution in [-0.4, -0.2) is 23.9 Å². The molecule has 2 atom stereocenters. The van der Waals surface area contributed by atoms with Gasteiger partial charge in [0.25, 0.3) is 0 Å². The van der Waals surface area contributed by atoms with Crippen molar-refractivity contribution in [2.24, 2.45) is 5.41 Å². The fourth-order valence-corrected chi connectivity index (χ4v) is 2.82. The van der Waals surface area contributed by atoms with Crippen molar-refractivity contribution in [2.45, 2.75) is 52.5 Å². The maximum atomic E-state index is 13.3. The third kappa shape index (κ3) is 3.03. The Bertz CT molecular complexity index is 462. The van der Waals surface area contributed by atoms with E-state index in [-0.39, 0.29) is 17.8 Å². The van der Waals surface area contributed by atoms with Crippen LogP contribution in [0.4, 0.5) is 4.39 Å². The first kappa shape index (κ1) is 15.4. The summed E-state index contributed by atoms with van der Waals surface area (Å²) >= 11 is 0. The number of aliphatic hydroxyl groups excluding tert-OH is 1. The van der Waals surface area contributed by atoms with Gasteiger partial charge in [-0.25, -0.2) is 4.39 Å². The molecule has 1 aromatic carbocycles. The normalized spacial score (nSPS) is 24.4. The second-order valence-electron chi connectivity index (χ2n) is 6.02. The zero-order chi connectivity index (χ0) is 14.8. The maximum Gasteiger partial charge on any atom is 0.128 e. The minimum absolute atomic E-state index is 0.121. The van der Waals surface area contributed by atoms with Gasteiger partial charge in [0.05, 0.1) is 12.7 Å². The molecule has 1 aromatic rings. The molecule has 2 rings (SSSR count). The van der Waals surface area contributed by atoms with Crippen molar-refractivity contribution in [3.05, 3.63) is 35.1 Å². The average molecular weight is 281 g/mol. The van der Waals surface area contributed by atoms with Crippen LogP contribution in [-0.2, 0) is 17.9 Å². The molecule has 0 spiro atoms. The second kappa shape index (κ2) is 6.20. The van der Waals surface area contributed by atoms with Crippen LogP contribution in [0.3, 0.4) is 0 Å². The lowest BCUT2D eigenvalue weighted by atomic mass is 9.64. The van der Waals surface area contributed by atoms with Crippen molar-refractivity contribution >= 4 is 0 Å². The molecule has 0 heterocycles. The first-order valence-corrected chi connectivity index (χ1v) is 7.22. The van der Waals surface area contributed by atoms with Gasteiger partial charge in [0.2, 0.25) is 0 Å². The van der Waals surface area contributed by atoms with Gasteiger partial charge in [-0.3, -0.25) is 0 Å². The number of aliphatic hydroxyl groups is 1. The molecule has 3 nitrogen and oxygen atoms in total. The molecule has 0 unspecified atom stereocenters. The van der Waals surface area contributed by atoms with Crippen LogP contribution in [0.2, 0.25) is 0 Å². The summed E-state index contributed by atoms with van der Waals surface area (Å²) in [5.41, 5.74) is 1.46. The van der Waals surface area contributed by atoms with Crippen molar-refractivity contribution in [1.82, 2.24) is 5.32 Å². The standard InChI is InChI=1S/C16H24FNO2/c1-4-20-15-8-14(16(15,2)3)18-9-11-5-6-13(17)12(7-11)10-19/h5-7,14-15,18-19H,4,8-10H2,1-3H3/t14-,15-/m1/s1. The summed E-state index contributed by atoms with van der Waals surface area (Å²) in [4.78, 5) is 0. The Labute approximate surface area is 120 Å². The van der Waals surface area contributed by atoms with Gasteiger partial charge >= 0.3 is 0 Å². The SMILES string of the molecule is CCO[C@@H]1C[C@@H](NCc2ccc(F)c(CO)c2)C1(C)C. The monoisotopic (exact) mass is 281 g/mol. The summed E-state index contributed by atoms with van der Waals surface area (Å²) in [6, 6.07) is 5.29. The Morgan fingerprint density at radius 3 is 2.80 bits per heavy atom. The van der Waals surface area contributed by atoms with E-state index in [1.54, 1.807) is 12.1 Å². The average Bonchev–Trinajstić information content (AvgIpc) is 2.43. The highest BCUT2D eigenvalue weighted by atomic mass is 19.1. The van der Waals surface area contributed by atoms with Crippen molar-refractivity contribution in [3.63, 3.8) is 0 Å². The molecule has 2 N–H and O–H groups in total. The quantitative estimate of drug-likeness (QED) is 0.842. The summed E-state index contributed by atoms with van der Waals surface area (Å²) < 4.78 is 19.0. The summed E-state index contributed by atoms with van der Waals surface area (Å²) in [5, 5.41) is 12.6. The van der Waals surface area contributed by atoms with Gasteiger partial charge in [-0.2, -0.15) is 0 Å². The van der Waals surface area contributed by atoms with Crippen LogP contribution in [0, 0.1) is 11.2 Å². The van der Waals surface area contributed by atoms with E-state index < -0.39 is 0 Å². The molecule has 112 valence electrons. The zero-order valence-corrected chi connectivity index (χ0v) is 12.4. The van der Waals surface area contributed by atoms with E-state index in [4.69, 9.17) is 9.84 Å². The van der Waals surface area contributed by atoms with Gasteiger partial charge in [-0.15, -0.1) is 0 Å². The van der Waals surface area contributed by atoms with Crippen LogP contribution in [0.1, 0.15) is 38.3 Å². The van der Waals surface area contributed by atoms with E-state index in [1.807, 2.05) is 6.92 Å². The number of hydrogen-bond donors (Lipinski definition) is 2. The van der Waals surface area contributed by atoms with Crippen molar-refractivity contribution in [3.8, 4) is 0 Å². The Kier molecular flexibility index (Phi) is 4.78. The molecule has 1 aliphatic carbocycles. The number of ether oxygens (including phenoxy) is 1. The predicted molar refractivity (Wildman–Crippen MR) is 76.8 cm³/mol. The summed E-state index contributed by atoms with van der Waals surface area (Å²) in [6.45, 7) is 7.60. The molecule has 0 saturated heterocycles. The van der Waals surface area contributed by atoms with Crippen LogP contribution in [0.5, 0.6) is 0 Å². The first-order chi connectivity index (χ1) is 9.48. The predicted octanol–water partition coefficient (Wildman–Crippen LogP) is 2.61. The van der Waals surface area contributed by atoms with Gasteiger partial charge in [-0.05, 0) is 31.0 Å². The lowest BCUT2D eigenvalue weighted by molar-refractivity contribution is -0.114. The van der Waals surface area contributed by atoms with Crippen LogP contribution < -0.4 is 5.32 Å². The lowest BCUT2D eigenvalue weighted by Gasteiger charge is -2.52. The lowest BCUT2D eigenvalue weighted by Crippen LogP contribution is -2.60. The third-order valence-corrected chi connectivity index (χ3v) is 4.38. The molecule has 0 aliphatic heterocycles. The molecule has 1 fully saturated rings. The van der Waals surface area contributed by atoms with Gasteiger partial charge < -0.3 is 15.2 Å². The third-order valence-electron chi connectivity index (χ3n) is 4.38. The molecule has 4 heteroatoms. The largest absolute Gasteiger partial charge is 0.392 e. The molecule has 0 aromatic heterocycles. The molecule has 0 amide bonds. The molecule has 0 radical (unpaired) electrons. The van der Waals surface area contributed by atoms with Crippen molar-refractivity contribution in [1.29, 1.82) is 0 Å². The summed E-state index contributed by atoms with van der Waals surface area (Å²) in [5.74, 6) is -0.350. The van der Waals surface area contributed by atoms with Crippen molar-refractivity contribution in [2.75, 3.05) is 6.61 Å². The van der Waals surface area contributed by atoms with Gasteiger partial charge in [-0.1, -0.05) is 19.9 Å². The van der Waals surface area contributed by atoms with E-state index in [1.165, 1.54) is 6.07 Å².